The van der Waals surface area contributed by atoms with Crippen molar-refractivity contribution in [3.63, 3.8) is 0 Å². The van der Waals surface area contributed by atoms with Crippen LogP contribution in [0.25, 0.3) is 0 Å². The summed E-state index contributed by atoms with van der Waals surface area (Å²) < 4.78 is 25.3. The molecule has 15 heavy (non-hydrogen) atoms. The maximum absolute atomic E-state index is 12.7. The van der Waals surface area contributed by atoms with Crippen molar-refractivity contribution >= 4 is 23.5 Å². The molecule has 0 aliphatic heterocycles. The molecule has 6 nitrogen and oxygen atoms in total. The molecule has 82 valence electrons. The molecular formula is C6H5F2N3O3S. The van der Waals surface area contributed by atoms with E-state index in [2.05, 4.69) is 4.98 Å². The lowest BCUT2D eigenvalue weighted by Gasteiger charge is -2.08. The summed E-state index contributed by atoms with van der Waals surface area (Å²) in [5.74, 6) is -2.58. The Morgan fingerprint density at radius 1 is 1.67 bits per heavy atom. The van der Waals surface area contributed by atoms with Crippen LogP contribution in [0, 0.1) is 0 Å². The van der Waals surface area contributed by atoms with Crippen molar-refractivity contribution in [3.05, 3.63) is 16.4 Å². The van der Waals surface area contributed by atoms with Gasteiger partial charge in [0.2, 0.25) is 0 Å². The number of anilines is 1. The van der Waals surface area contributed by atoms with Crippen molar-refractivity contribution in [2.75, 3.05) is 5.73 Å². The van der Waals surface area contributed by atoms with Crippen LogP contribution in [0.4, 0.5) is 14.6 Å². The van der Waals surface area contributed by atoms with E-state index in [0.29, 0.717) is 0 Å². The Bertz CT molecular complexity index is 447. The Kier molecular flexibility index (Phi) is 2.93. The zero-order valence-electron chi connectivity index (χ0n) is 7.03. The number of aromatic amines is 1. The SMILES string of the molecule is Nc1cc(=O)[nH]c(SC(F)(F)C(=O)O)n1. The third-order valence-corrected chi connectivity index (χ3v) is 2.03. The molecule has 0 saturated carbocycles. The van der Waals surface area contributed by atoms with Gasteiger partial charge in [-0.2, -0.15) is 8.78 Å². The molecular weight excluding hydrogens is 232 g/mol. The van der Waals surface area contributed by atoms with E-state index >= 15 is 0 Å². The molecule has 1 aromatic heterocycles. The number of alkyl halides is 2. The summed E-state index contributed by atoms with van der Waals surface area (Å²) in [5.41, 5.74) is 4.39. The molecule has 0 bridgehead atoms. The molecule has 4 N–H and O–H groups in total. The number of carboxylic acids is 1. The normalized spacial score (nSPS) is 11.3. The van der Waals surface area contributed by atoms with Crippen LogP contribution >= 0.6 is 11.8 Å². The average Bonchev–Trinajstić information content (AvgIpc) is 1.99. The zero-order chi connectivity index (χ0) is 11.6. The van der Waals surface area contributed by atoms with E-state index in [1.54, 1.807) is 0 Å². The van der Waals surface area contributed by atoms with Crippen LogP contribution in [0.5, 0.6) is 0 Å². The lowest BCUT2D eigenvalue weighted by molar-refractivity contribution is -0.152. The maximum atomic E-state index is 12.7. The molecule has 0 aliphatic carbocycles. The Hall–Kier alpha value is -1.64. The highest BCUT2D eigenvalue weighted by Crippen LogP contribution is 2.33. The Morgan fingerprint density at radius 3 is 2.73 bits per heavy atom. The van der Waals surface area contributed by atoms with Gasteiger partial charge in [0.15, 0.2) is 5.16 Å². The van der Waals surface area contributed by atoms with Crippen molar-refractivity contribution in [1.29, 1.82) is 0 Å². The summed E-state index contributed by atoms with van der Waals surface area (Å²) in [6.07, 6.45) is 0. The second kappa shape index (κ2) is 3.85. The third-order valence-electron chi connectivity index (χ3n) is 1.21. The van der Waals surface area contributed by atoms with E-state index in [1.165, 1.54) is 0 Å². The second-order valence-electron chi connectivity index (χ2n) is 2.40. The van der Waals surface area contributed by atoms with Gasteiger partial charge in [-0.25, -0.2) is 9.78 Å². The summed E-state index contributed by atoms with van der Waals surface area (Å²) in [7, 11) is 0. The van der Waals surface area contributed by atoms with Gasteiger partial charge in [0, 0.05) is 6.07 Å². The van der Waals surface area contributed by atoms with Crippen molar-refractivity contribution in [3.8, 4) is 0 Å². The van der Waals surface area contributed by atoms with E-state index in [-0.39, 0.29) is 5.82 Å². The van der Waals surface area contributed by atoms with Crippen LogP contribution in [-0.4, -0.2) is 26.3 Å². The fourth-order valence-electron chi connectivity index (χ4n) is 0.667. The fraction of sp³-hybridized carbons (Fsp3) is 0.167. The zero-order valence-corrected chi connectivity index (χ0v) is 7.85. The third kappa shape index (κ3) is 2.91. The van der Waals surface area contributed by atoms with Crippen LogP contribution in [0.1, 0.15) is 0 Å². The summed E-state index contributed by atoms with van der Waals surface area (Å²) in [4.78, 5) is 26.1. The molecule has 0 spiro atoms. The molecule has 0 aliphatic rings. The highest BCUT2D eigenvalue weighted by atomic mass is 32.2. The van der Waals surface area contributed by atoms with Gasteiger partial charge in [-0.15, -0.1) is 0 Å². The first-order valence-electron chi connectivity index (χ1n) is 3.48. The molecule has 0 amide bonds. The number of aromatic nitrogens is 2. The lowest BCUT2D eigenvalue weighted by atomic mass is 10.6. The van der Waals surface area contributed by atoms with Gasteiger partial charge in [-0.3, -0.25) is 4.79 Å². The summed E-state index contributed by atoms with van der Waals surface area (Å²) in [6, 6.07) is 0.892. The average molecular weight is 237 g/mol. The summed E-state index contributed by atoms with van der Waals surface area (Å²) >= 11 is -0.397. The van der Waals surface area contributed by atoms with E-state index in [4.69, 9.17) is 10.8 Å². The number of thioether (sulfide) groups is 1. The summed E-state index contributed by atoms with van der Waals surface area (Å²) in [6.45, 7) is 0. The number of hydrogen-bond acceptors (Lipinski definition) is 5. The molecule has 1 heterocycles. The monoisotopic (exact) mass is 237 g/mol. The molecule has 0 radical (unpaired) electrons. The number of nitrogens with two attached hydrogens (primary N) is 1. The number of carboxylic acid groups (broad SMARTS) is 1. The topological polar surface area (TPSA) is 109 Å². The van der Waals surface area contributed by atoms with Crippen molar-refractivity contribution in [2.45, 2.75) is 10.4 Å². The minimum absolute atomic E-state index is 0.262. The quantitative estimate of drug-likeness (QED) is 0.509. The molecule has 0 aromatic carbocycles. The number of nitrogens with zero attached hydrogens (tertiary/aromatic N) is 1. The first kappa shape index (κ1) is 11.4. The lowest BCUT2D eigenvalue weighted by Crippen LogP contribution is -2.24. The van der Waals surface area contributed by atoms with Crippen molar-refractivity contribution in [2.24, 2.45) is 0 Å². The largest absolute Gasteiger partial charge is 0.476 e. The summed E-state index contributed by atoms with van der Waals surface area (Å²) in [5, 5.41) is 3.50. The first-order chi connectivity index (χ1) is 6.81. The standard InChI is InChI=1S/C6H5F2N3O3S/c7-6(8,4(13)14)15-5-10-2(9)1-3(12)11-5/h1H,(H,13,14)(H3,9,10,11,12). The van der Waals surface area contributed by atoms with Gasteiger partial charge in [0.25, 0.3) is 5.56 Å². The Balaban J connectivity index is 2.99. The number of nitrogen functional groups attached to an aromatic ring is 1. The minimum atomic E-state index is -4.07. The maximum Gasteiger partial charge on any atom is 0.395 e. The number of hydrogen-bond donors (Lipinski definition) is 3. The highest BCUT2D eigenvalue weighted by Gasteiger charge is 2.41. The minimum Gasteiger partial charge on any atom is -0.476 e. The first-order valence-corrected chi connectivity index (χ1v) is 4.30. The van der Waals surface area contributed by atoms with Gasteiger partial charge >= 0.3 is 11.2 Å². The number of H-pyrrole nitrogens is 1. The molecule has 0 unspecified atom stereocenters. The van der Waals surface area contributed by atoms with Crippen LogP contribution in [0.3, 0.4) is 0 Å². The number of carbonyl (C=O) groups is 1. The van der Waals surface area contributed by atoms with Crippen LogP contribution in [0.2, 0.25) is 0 Å². The van der Waals surface area contributed by atoms with Crippen LogP contribution in [0.15, 0.2) is 16.0 Å². The predicted octanol–water partition coefficient (Wildman–Crippen LogP) is 0.122. The van der Waals surface area contributed by atoms with Gasteiger partial charge < -0.3 is 15.8 Å². The molecule has 0 atom stereocenters. The Morgan fingerprint density at radius 2 is 2.27 bits per heavy atom. The van der Waals surface area contributed by atoms with Crippen molar-refractivity contribution in [1.82, 2.24) is 9.97 Å². The van der Waals surface area contributed by atoms with Crippen LogP contribution in [-0.2, 0) is 4.79 Å². The molecule has 0 saturated heterocycles. The smallest absolute Gasteiger partial charge is 0.395 e. The highest BCUT2D eigenvalue weighted by molar-refractivity contribution is 8.00. The number of rotatable bonds is 3. The van der Waals surface area contributed by atoms with Gasteiger partial charge in [0.1, 0.15) is 5.82 Å². The van der Waals surface area contributed by atoms with E-state index < -0.39 is 33.7 Å². The van der Waals surface area contributed by atoms with E-state index in [9.17, 15) is 18.4 Å². The fourth-order valence-corrected chi connectivity index (χ4v) is 1.30. The van der Waals surface area contributed by atoms with Crippen LogP contribution < -0.4 is 11.3 Å². The van der Waals surface area contributed by atoms with Gasteiger partial charge in [0.05, 0.1) is 0 Å². The van der Waals surface area contributed by atoms with E-state index in [1.807, 2.05) is 4.98 Å². The van der Waals surface area contributed by atoms with Gasteiger partial charge in [-0.1, -0.05) is 0 Å². The molecule has 1 aromatic rings. The second-order valence-corrected chi connectivity index (χ2v) is 3.50. The van der Waals surface area contributed by atoms with Gasteiger partial charge in [-0.05, 0) is 11.8 Å². The molecule has 0 fully saturated rings. The van der Waals surface area contributed by atoms with Crippen molar-refractivity contribution < 1.29 is 18.7 Å². The Labute approximate surface area is 85.5 Å². The number of nitrogens with one attached hydrogen (secondary N) is 1. The number of halogens is 2. The molecule has 1 rings (SSSR count). The van der Waals surface area contributed by atoms with E-state index in [0.717, 1.165) is 6.07 Å². The predicted molar refractivity (Wildman–Crippen MR) is 47.7 cm³/mol. The molecule has 9 heteroatoms. The number of aliphatic carboxylic acids is 1.